The molecule has 0 atom stereocenters. The van der Waals surface area contributed by atoms with Crippen LogP contribution in [0.1, 0.15) is 22.1 Å². The molecule has 0 fully saturated rings. The summed E-state index contributed by atoms with van der Waals surface area (Å²) in [7, 11) is 0. The van der Waals surface area contributed by atoms with Gasteiger partial charge in [0, 0.05) is 23.9 Å². The summed E-state index contributed by atoms with van der Waals surface area (Å²) < 4.78 is 3.44. The van der Waals surface area contributed by atoms with Crippen LogP contribution in [0.3, 0.4) is 0 Å². The van der Waals surface area contributed by atoms with Crippen LogP contribution >= 0.6 is 23.1 Å². The second-order valence-corrected chi connectivity index (χ2v) is 8.93. The quantitative estimate of drug-likeness (QED) is 0.368. The molecule has 9 heteroatoms. The van der Waals surface area contributed by atoms with Crippen LogP contribution in [0.5, 0.6) is 0 Å². The number of para-hydroxylation sites is 1. The van der Waals surface area contributed by atoms with Crippen LogP contribution in [0.15, 0.2) is 76.7 Å². The maximum absolute atomic E-state index is 12.1. The zero-order valence-electron chi connectivity index (χ0n) is 16.7. The van der Waals surface area contributed by atoms with E-state index in [4.69, 9.17) is 0 Å². The number of hydrogen-bond donors (Lipinski definition) is 0. The number of thioether (sulfide) groups is 1. The SMILES string of the molecule is Cc1cc(=O)n2nc(CSc3nnc(Cc4ccccc4)n3-c3ccccc3)sc2n1. The lowest BCUT2D eigenvalue weighted by Crippen LogP contribution is -2.14. The van der Waals surface area contributed by atoms with Gasteiger partial charge in [0.15, 0.2) is 5.16 Å². The van der Waals surface area contributed by atoms with Gasteiger partial charge >= 0.3 is 0 Å². The Balaban J connectivity index is 1.46. The number of aryl methyl sites for hydroxylation is 1. The smallest absolute Gasteiger partial charge is 0.274 e. The molecule has 0 aliphatic rings. The molecule has 0 unspecified atom stereocenters. The minimum Gasteiger partial charge on any atom is -0.274 e. The number of benzene rings is 2. The van der Waals surface area contributed by atoms with Crippen molar-refractivity contribution < 1.29 is 0 Å². The second kappa shape index (κ2) is 8.44. The van der Waals surface area contributed by atoms with Crippen molar-refractivity contribution in [3.05, 3.63) is 99.2 Å². The van der Waals surface area contributed by atoms with Crippen molar-refractivity contribution in [2.45, 2.75) is 24.3 Å². The second-order valence-electron chi connectivity index (χ2n) is 6.95. The van der Waals surface area contributed by atoms with Crippen molar-refractivity contribution in [3.63, 3.8) is 0 Å². The Kier molecular flexibility index (Phi) is 5.35. The monoisotopic (exact) mass is 446 g/mol. The van der Waals surface area contributed by atoms with Gasteiger partial charge < -0.3 is 0 Å². The summed E-state index contributed by atoms with van der Waals surface area (Å²) in [5, 5.41) is 15.0. The molecular weight excluding hydrogens is 428 g/mol. The predicted molar refractivity (Wildman–Crippen MR) is 122 cm³/mol. The lowest BCUT2D eigenvalue weighted by atomic mass is 10.1. The van der Waals surface area contributed by atoms with E-state index in [2.05, 4.69) is 37.0 Å². The van der Waals surface area contributed by atoms with Crippen molar-refractivity contribution in [3.8, 4) is 5.69 Å². The van der Waals surface area contributed by atoms with Gasteiger partial charge in [-0.05, 0) is 24.6 Å². The van der Waals surface area contributed by atoms with Gasteiger partial charge in [-0.25, -0.2) is 4.98 Å². The third-order valence-electron chi connectivity index (χ3n) is 4.66. The number of fused-ring (bicyclic) bond motifs is 1. The first-order chi connectivity index (χ1) is 15.2. The van der Waals surface area contributed by atoms with Crippen molar-refractivity contribution in [2.24, 2.45) is 0 Å². The van der Waals surface area contributed by atoms with Crippen LogP contribution in [-0.2, 0) is 12.2 Å². The van der Waals surface area contributed by atoms with E-state index in [1.807, 2.05) is 55.5 Å². The van der Waals surface area contributed by atoms with E-state index in [1.165, 1.54) is 27.5 Å². The van der Waals surface area contributed by atoms with Crippen molar-refractivity contribution in [1.29, 1.82) is 0 Å². The van der Waals surface area contributed by atoms with Gasteiger partial charge in [0.2, 0.25) is 4.96 Å². The zero-order valence-corrected chi connectivity index (χ0v) is 18.3. The van der Waals surface area contributed by atoms with Gasteiger partial charge in [0.1, 0.15) is 10.8 Å². The highest BCUT2D eigenvalue weighted by atomic mass is 32.2. The number of nitrogens with zero attached hydrogens (tertiary/aromatic N) is 6. The van der Waals surface area contributed by atoms with E-state index in [9.17, 15) is 4.79 Å². The fourth-order valence-electron chi connectivity index (χ4n) is 3.27. The Morgan fingerprint density at radius 3 is 2.52 bits per heavy atom. The summed E-state index contributed by atoms with van der Waals surface area (Å²) in [6.07, 6.45) is 0.684. The van der Waals surface area contributed by atoms with Crippen molar-refractivity contribution in [1.82, 2.24) is 29.4 Å². The molecule has 0 aliphatic carbocycles. The maximum atomic E-state index is 12.1. The van der Waals surface area contributed by atoms with E-state index in [0.717, 1.165) is 21.7 Å². The molecule has 3 heterocycles. The maximum Gasteiger partial charge on any atom is 0.275 e. The standard InChI is InChI=1S/C22H18N6OS2/c1-15-12-20(29)28-21(23-15)31-19(26-28)14-30-22-25-24-18(13-16-8-4-2-5-9-16)27(22)17-10-6-3-7-11-17/h2-12H,13-14H2,1H3. The molecule has 0 amide bonds. The summed E-state index contributed by atoms with van der Waals surface area (Å²) in [6.45, 7) is 1.81. The average Bonchev–Trinajstić information content (AvgIpc) is 3.37. The molecule has 5 rings (SSSR count). The van der Waals surface area contributed by atoms with E-state index in [1.54, 1.807) is 11.8 Å². The molecule has 154 valence electrons. The van der Waals surface area contributed by atoms with Gasteiger partial charge in [0.05, 0.1) is 5.75 Å². The molecule has 0 radical (unpaired) electrons. The van der Waals surface area contributed by atoms with Crippen LogP contribution in [-0.4, -0.2) is 29.4 Å². The normalized spacial score (nSPS) is 11.3. The predicted octanol–water partition coefficient (Wildman–Crippen LogP) is 3.92. The first kappa shape index (κ1) is 19.7. The largest absolute Gasteiger partial charge is 0.275 e. The van der Waals surface area contributed by atoms with Gasteiger partial charge in [-0.15, -0.1) is 10.2 Å². The summed E-state index contributed by atoms with van der Waals surface area (Å²) in [5.74, 6) is 1.45. The highest BCUT2D eigenvalue weighted by Crippen LogP contribution is 2.27. The first-order valence-corrected chi connectivity index (χ1v) is 11.5. The zero-order chi connectivity index (χ0) is 21.2. The van der Waals surface area contributed by atoms with Crippen LogP contribution in [0.4, 0.5) is 0 Å². The molecule has 7 nitrogen and oxygen atoms in total. The Labute approximate surface area is 186 Å². The van der Waals surface area contributed by atoms with E-state index in [0.29, 0.717) is 22.8 Å². The molecular formula is C22H18N6OS2. The Bertz CT molecular complexity index is 1390. The highest BCUT2D eigenvalue weighted by molar-refractivity contribution is 7.98. The highest BCUT2D eigenvalue weighted by Gasteiger charge is 2.16. The van der Waals surface area contributed by atoms with Crippen LogP contribution in [0.2, 0.25) is 0 Å². The Hall–Kier alpha value is -3.30. The summed E-state index contributed by atoms with van der Waals surface area (Å²) in [5.41, 5.74) is 2.73. The van der Waals surface area contributed by atoms with Crippen LogP contribution in [0.25, 0.3) is 10.6 Å². The van der Waals surface area contributed by atoms with Crippen molar-refractivity contribution in [2.75, 3.05) is 0 Å². The van der Waals surface area contributed by atoms with Gasteiger partial charge in [-0.1, -0.05) is 71.6 Å². The Morgan fingerprint density at radius 1 is 1.00 bits per heavy atom. The van der Waals surface area contributed by atoms with Gasteiger partial charge in [0.25, 0.3) is 5.56 Å². The molecule has 0 spiro atoms. The molecule has 0 saturated carbocycles. The van der Waals surface area contributed by atoms with E-state index >= 15 is 0 Å². The molecule has 0 N–H and O–H groups in total. The fraction of sp³-hybridized carbons (Fsp3) is 0.136. The lowest BCUT2D eigenvalue weighted by molar-refractivity contribution is 0.844. The third-order valence-corrected chi connectivity index (χ3v) is 6.69. The number of aromatic nitrogens is 6. The fourth-order valence-corrected chi connectivity index (χ4v) is 5.17. The van der Waals surface area contributed by atoms with Crippen LogP contribution in [0, 0.1) is 6.92 Å². The number of hydrogen-bond acceptors (Lipinski definition) is 7. The third kappa shape index (κ3) is 4.14. The first-order valence-electron chi connectivity index (χ1n) is 9.70. The minimum atomic E-state index is -0.160. The van der Waals surface area contributed by atoms with E-state index in [-0.39, 0.29) is 5.56 Å². The van der Waals surface area contributed by atoms with Gasteiger partial charge in [-0.2, -0.15) is 9.61 Å². The lowest BCUT2D eigenvalue weighted by Gasteiger charge is -2.10. The Morgan fingerprint density at radius 2 is 1.74 bits per heavy atom. The summed E-state index contributed by atoms with van der Waals surface area (Å²) in [6, 6.07) is 21.8. The molecule has 0 bridgehead atoms. The average molecular weight is 447 g/mol. The molecule has 2 aromatic carbocycles. The van der Waals surface area contributed by atoms with Gasteiger partial charge in [-0.3, -0.25) is 9.36 Å². The molecule has 0 saturated heterocycles. The summed E-state index contributed by atoms with van der Waals surface area (Å²) >= 11 is 2.96. The summed E-state index contributed by atoms with van der Waals surface area (Å²) in [4.78, 5) is 17.1. The van der Waals surface area contributed by atoms with E-state index < -0.39 is 0 Å². The molecule has 5 aromatic rings. The number of rotatable bonds is 6. The minimum absolute atomic E-state index is 0.160. The molecule has 3 aromatic heterocycles. The molecule has 31 heavy (non-hydrogen) atoms. The van der Waals surface area contributed by atoms with Crippen LogP contribution < -0.4 is 5.56 Å². The topological polar surface area (TPSA) is 78.0 Å². The molecule has 0 aliphatic heterocycles. The van der Waals surface area contributed by atoms with Crippen molar-refractivity contribution >= 4 is 28.1 Å².